The van der Waals surface area contributed by atoms with Crippen molar-refractivity contribution in [3.8, 4) is 0 Å². The molecule has 88 valence electrons. The van der Waals surface area contributed by atoms with E-state index in [1.54, 1.807) is 0 Å². The SMILES string of the molecule is Cl.O=C1CCCN1.c1ccc2c(c1)CCN2. The van der Waals surface area contributed by atoms with Crippen LogP contribution in [-0.2, 0) is 11.2 Å². The van der Waals surface area contributed by atoms with Crippen molar-refractivity contribution in [1.29, 1.82) is 0 Å². The second kappa shape index (κ2) is 6.38. The minimum absolute atomic E-state index is 0. The molecule has 3 nitrogen and oxygen atoms in total. The number of fused-ring (bicyclic) bond motifs is 1. The van der Waals surface area contributed by atoms with Gasteiger partial charge in [0.2, 0.25) is 5.91 Å². The van der Waals surface area contributed by atoms with Gasteiger partial charge in [0.15, 0.2) is 0 Å². The zero-order valence-corrected chi connectivity index (χ0v) is 9.98. The zero-order valence-electron chi connectivity index (χ0n) is 9.16. The van der Waals surface area contributed by atoms with E-state index < -0.39 is 0 Å². The maximum absolute atomic E-state index is 10.1. The number of anilines is 1. The molecule has 2 aliphatic heterocycles. The molecule has 0 unspecified atom stereocenters. The summed E-state index contributed by atoms with van der Waals surface area (Å²) >= 11 is 0. The Hall–Kier alpha value is -1.22. The average Bonchev–Trinajstić information content (AvgIpc) is 2.88. The monoisotopic (exact) mass is 240 g/mol. The van der Waals surface area contributed by atoms with Gasteiger partial charge in [0.05, 0.1) is 0 Å². The molecule has 0 radical (unpaired) electrons. The number of hydrogen-bond acceptors (Lipinski definition) is 2. The highest BCUT2D eigenvalue weighted by Crippen LogP contribution is 2.19. The number of benzene rings is 1. The van der Waals surface area contributed by atoms with E-state index in [9.17, 15) is 4.79 Å². The summed E-state index contributed by atoms with van der Waals surface area (Å²) in [6, 6.07) is 8.46. The second-order valence-corrected chi connectivity index (χ2v) is 3.79. The summed E-state index contributed by atoms with van der Waals surface area (Å²) in [7, 11) is 0. The molecular formula is C12H17ClN2O. The topological polar surface area (TPSA) is 41.1 Å². The first kappa shape index (κ1) is 12.8. The molecule has 1 amide bonds. The summed E-state index contributed by atoms with van der Waals surface area (Å²) in [5, 5.41) is 5.98. The predicted octanol–water partition coefficient (Wildman–Crippen LogP) is 1.97. The Bertz CT molecular complexity index is 324. The van der Waals surface area contributed by atoms with Crippen molar-refractivity contribution in [2.45, 2.75) is 19.3 Å². The lowest BCUT2D eigenvalue weighted by molar-refractivity contribution is -0.119. The molecular weight excluding hydrogens is 224 g/mol. The van der Waals surface area contributed by atoms with Gasteiger partial charge < -0.3 is 10.6 Å². The van der Waals surface area contributed by atoms with E-state index in [2.05, 4.69) is 34.9 Å². The molecule has 1 aromatic carbocycles. The van der Waals surface area contributed by atoms with Crippen LogP contribution in [0.25, 0.3) is 0 Å². The lowest BCUT2D eigenvalue weighted by Gasteiger charge is -1.94. The molecule has 1 saturated heterocycles. The van der Waals surface area contributed by atoms with Crippen molar-refractivity contribution in [2.75, 3.05) is 18.4 Å². The lowest BCUT2D eigenvalue weighted by Crippen LogP contribution is -2.12. The highest BCUT2D eigenvalue weighted by Gasteiger charge is 2.06. The molecule has 3 rings (SSSR count). The Morgan fingerprint density at radius 1 is 1.00 bits per heavy atom. The van der Waals surface area contributed by atoms with Gasteiger partial charge in [-0.25, -0.2) is 0 Å². The third-order valence-corrected chi connectivity index (χ3v) is 2.63. The average molecular weight is 241 g/mol. The molecule has 0 atom stereocenters. The third kappa shape index (κ3) is 3.42. The molecule has 0 aliphatic carbocycles. The van der Waals surface area contributed by atoms with E-state index in [0.29, 0.717) is 0 Å². The van der Waals surface area contributed by atoms with Crippen molar-refractivity contribution < 1.29 is 4.79 Å². The van der Waals surface area contributed by atoms with E-state index in [-0.39, 0.29) is 18.3 Å². The van der Waals surface area contributed by atoms with Crippen LogP contribution in [0.5, 0.6) is 0 Å². The first-order valence-corrected chi connectivity index (χ1v) is 5.45. The molecule has 4 heteroatoms. The molecule has 0 saturated carbocycles. The first-order chi connectivity index (χ1) is 7.36. The van der Waals surface area contributed by atoms with Crippen LogP contribution in [0, 0.1) is 0 Å². The number of rotatable bonds is 0. The van der Waals surface area contributed by atoms with E-state index in [1.165, 1.54) is 17.7 Å². The van der Waals surface area contributed by atoms with Crippen molar-refractivity contribution in [3.05, 3.63) is 29.8 Å². The Labute approximate surface area is 102 Å². The van der Waals surface area contributed by atoms with Gasteiger partial charge in [0.25, 0.3) is 0 Å². The fourth-order valence-electron chi connectivity index (χ4n) is 1.81. The second-order valence-electron chi connectivity index (χ2n) is 3.79. The van der Waals surface area contributed by atoms with Gasteiger partial charge in [-0.15, -0.1) is 12.4 Å². The minimum Gasteiger partial charge on any atom is -0.384 e. The quantitative estimate of drug-likeness (QED) is 0.728. The van der Waals surface area contributed by atoms with Crippen LogP contribution < -0.4 is 10.6 Å². The van der Waals surface area contributed by atoms with Crippen LogP contribution in [0.3, 0.4) is 0 Å². The molecule has 2 aliphatic rings. The molecule has 2 heterocycles. The maximum atomic E-state index is 10.1. The third-order valence-electron chi connectivity index (χ3n) is 2.63. The van der Waals surface area contributed by atoms with Crippen LogP contribution in [0.1, 0.15) is 18.4 Å². The smallest absolute Gasteiger partial charge is 0.220 e. The highest BCUT2D eigenvalue weighted by atomic mass is 35.5. The maximum Gasteiger partial charge on any atom is 0.220 e. The highest BCUT2D eigenvalue weighted by molar-refractivity contribution is 5.85. The number of nitrogens with one attached hydrogen (secondary N) is 2. The lowest BCUT2D eigenvalue weighted by atomic mass is 10.2. The molecule has 1 fully saturated rings. The minimum atomic E-state index is 0. The molecule has 0 spiro atoms. The standard InChI is InChI=1S/C8H9N.C4H7NO.ClH/c1-2-4-8-7(3-1)5-6-9-8;6-4-2-1-3-5-4;/h1-4,9H,5-6H2;1-3H2,(H,5,6);1H. The van der Waals surface area contributed by atoms with Gasteiger partial charge in [-0.05, 0) is 24.5 Å². The van der Waals surface area contributed by atoms with E-state index >= 15 is 0 Å². The van der Waals surface area contributed by atoms with Crippen molar-refractivity contribution in [1.82, 2.24) is 5.32 Å². The molecule has 16 heavy (non-hydrogen) atoms. The number of para-hydroxylation sites is 1. The van der Waals surface area contributed by atoms with E-state index in [4.69, 9.17) is 0 Å². The van der Waals surface area contributed by atoms with Crippen molar-refractivity contribution in [2.24, 2.45) is 0 Å². The Balaban J connectivity index is 0.000000162. The number of amides is 1. The number of hydrogen-bond donors (Lipinski definition) is 2. The summed E-state index contributed by atoms with van der Waals surface area (Å²) < 4.78 is 0. The summed E-state index contributed by atoms with van der Waals surface area (Å²) in [4.78, 5) is 10.1. The van der Waals surface area contributed by atoms with Crippen LogP contribution in [0.4, 0.5) is 5.69 Å². The number of carbonyl (C=O) groups excluding carboxylic acids is 1. The predicted molar refractivity (Wildman–Crippen MR) is 68.1 cm³/mol. The molecule has 0 bridgehead atoms. The largest absolute Gasteiger partial charge is 0.384 e. The van der Waals surface area contributed by atoms with E-state index in [0.717, 1.165) is 25.9 Å². The van der Waals surface area contributed by atoms with Crippen LogP contribution in [-0.4, -0.2) is 19.0 Å². The van der Waals surface area contributed by atoms with Gasteiger partial charge in [-0.3, -0.25) is 4.79 Å². The Morgan fingerprint density at radius 2 is 1.81 bits per heavy atom. The Morgan fingerprint density at radius 3 is 2.38 bits per heavy atom. The van der Waals surface area contributed by atoms with Crippen molar-refractivity contribution >= 4 is 24.0 Å². The van der Waals surface area contributed by atoms with Gasteiger partial charge in [-0.1, -0.05) is 18.2 Å². The van der Waals surface area contributed by atoms with Gasteiger partial charge in [-0.2, -0.15) is 0 Å². The van der Waals surface area contributed by atoms with E-state index in [1.807, 2.05) is 0 Å². The first-order valence-electron chi connectivity index (χ1n) is 5.45. The molecule has 1 aromatic rings. The zero-order chi connectivity index (χ0) is 10.5. The number of carbonyl (C=O) groups is 1. The fraction of sp³-hybridized carbons (Fsp3) is 0.417. The van der Waals surface area contributed by atoms with Gasteiger partial charge >= 0.3 is 0 Å². The summed E-state index contributed by atoms with van der Waals surface area (Å²) in [5.74, 6) is 0.204. The summed E-state index contributed by atoms with van der Waals surface area (Å²) in [6.45, 7) is 2.00. The number of halogens is 1. The van der Waals surface area contributed by atoms with Gasteiger partial charge in [0.1, 0.15) is 0 Å². The van der Waals surface area contributed by atoms with Crippen LogP contribution in [0.2, 0.25) is 0 Å². The Kier molecular flexibility index (Phi) is 5.12. The normalized spacial score (nSPS) is 16.1. The summed E-state index contributed by atoms with van der Waals surface area (Å²) in [6.07, 6.45) is 2.95. The summed E-state index contributed by atoms with van der Waals surface area (Å²) in [5.41, 5.74) is 2.77. The molecule has 0 aromatic heterocycles. The fourth-order valence-corrected chi connectivity index (χ4v) is 1.81. The van der Waals surface area contributed by atoms with Gasteiger partial charge in [0, 0.05) is 25.2 Å². The van der Waals surface area contributed by atoms with Crippen molar-refractivity contribution in [3.63, 3.8) is 0 Å². The van der Waals surface area contributed by atoms with Crippen LogP contribution in [0.15, 0.2) is 24.3 Å². The molecule has 2 N–H and O–H groups in total. The van der Waals surface area contributed by atoms with Crippen LogP contribution >= 0.6 is 12.4 Å².